The van der Waals surface area contributed by atoms with Crippen molar-refractivity contribution in [1.82, 2.24) is 10.2 Å². The van der Waals surface area contributed by atoms with E-state index in [1.807, 2.05) is 0 Å². The fraction of sp³-hybridized carbons (Fsp3) is 0.0769. The first-order valence-electron chi connectivity index (χ1n) is 10.9. The van der Waals surface area contributed by atoms with Crippen LogP contribution in [0.5, 0.6) is 0 Å². The maximum absolute atomic E-state index is 14.0. The predicted molar refractivity (Wildman–Crippen MR) is 141 cm³/mol. The molecule has 2 heterocycles. The number of halogens is 3. The Balaban J connectivity index is 1.54. The van der Waals surface area contributed by atoms with E-state index in [2.05, 4.69) is 26.1 Å². The first-order chi connectivity index (χ1) is 17.8. The van der Waals surface area contributed by atoms with Crippen LogP contribution in [-0.4, -0.2) is 27.0 Å². The zero-order valence-corrected chi connectivity index (χ0v) is 22.0. The standard InChI is InChI=1S/C26H16BrF2N3O3S2/c27-17-9-5-14(6-10-17)21-20(22(33)15-7-11-18(28)12-8-15)23(34)24(35)32(21)25-30-31-26(37-25)36-13-16-3-1-2-4-19(16)29/h1-12,21,33H,13H2/b22-20-. The summed E-state index contributed by atoms with van der Waals surface area (Å²) in [4.78, 5) is 27.6. The number of amides is 1. The van der Waals surface area contributed by atoms with Gasteiger partial charge in [-0.05, 0) is 53.6 Å². The Hall–Kier alpha value is -3.41. The van der Waals surface area contributed by atoms with Gasteiger partial charge >= 0.3 is 5.91 Å². The number of aliphatic hydroxyl groups excluding tert-OH is 1. The van der Waals surface area contributed by atoms with Crippen molar-refractivity contribution in [2.75, 3.05) is 4.90 Å². The number of Topliss-reactive ketones (excluding diaryl/α,β-unsaturated/α-hetero) is 1. The lowest BCUT2D eigenvalue weighted by atomic mass is 9.95. The van der Waals surface area contributed by atoms with Gasteiger partial charge in [0.1, 0.15) is 17.4 Å². The van der Waals surface area contributed by atoms with Gasteiger partial charge in [-0.3, -0.25) is 14.5 Å². The second-order valence-corrected chi connectivity index (χ2v) is 11.1. The van der Waals surface area contributed by atoms with Crippen molar-refractivity contribution in [2.45, 2.75) is 16.1 Å². The Morgan fingerprint density at radius 3 is 2.41 bits per heavy atom. The number of ketones is 1. The Kier molecular flexibility index (Phi) is 7.18. The van der Waals surface area contributed by atoms with Crippen LogP contribution < -0.4 is 4.90 Å². The molecule has 11 heteroatoms. The van der Waals surface area contributed by atoms with Crippen molar-refractivity contribution in [2.24, 2.45) is 0 Å². The molecule has 1 aromatic heterocycles. The average molecular weight is 600 g/mol. The fourth-order valence-corrected chi connectivity index (χ4v) is 5.98. The molecular formula is C26H16BrF2N3O3S2. The van der Waals surface area contributed by atoms with Crippen LogP contribution in [0.15, 0.2) is 87.2 Å². The summed E-state index contributed by atoms with van der Waals surface area (Å²) >= 11 is 5.71. The van der Waals surface area contributed by atoms with Crippen molar-refractivity contribution in [3.63, 3.8) is 0 Å². The highest BCUT2D eigenvalue weighted by molar-refractivity contribution is 9.10. The third-order valence-corrected chi connectivity index (χ3v) is 8.29. The van der Waals surface area contributed by atoms with Gasteiger partial charge in [0.05, 0.1) is 11.6 Å². The molecule has 1 aliphatic heterocycles. The number of nitrogens with zero attached hydrogens (tertiary/aromatic N) is 3. The van der Waals surface area contributed by atoms with Gasteiger partial charge in [0, 0.05) is 15.8 Å². The minimum absolute atomic E-state index is 0.144. The molecule has 1 saturated heterocycles. The number of aliphatic hydroxyl groups is 1. The highest BCUT2D eigenvalue weighted by Crippen LogP contribution is 2.44. The molecule has 1 aliphatic rings. The van der Waals surface area contributed by atoms with E-state index in [9.17, 15) is 23.5 Å². The Morgan fingerprint density at radius 2 is 1.70 bits per heavy atom. The molecule has 1 amide bonds. The van der Waals surface area contributed by atoms with E-state index in [1.165, 1.54) is 34.9 Å². The van der Waals surface area contributed by atoms with E-state index in [-0.39, 0.29) is 22.1 Å². The van der Waals surface area contributed by atoms with Crippen LogP contribution in [-0.2, 0) is 15.3 Å². The van der Waals surface area contributed by atoms with Gasteiger partial charge in [-0.15, -0.1) is 10.2 Å². The minimum Gasteiger partial charge on any atom is -0.507 e. The van der Waals surface area contributed by atoms with Gasteiger partial charge in [0.15, 0.2) is 4.34 Å². The summed E-state index contributed by atoms with van der Waals surface area (Å²) in [6.07, 6.45) is 0. The van der Waals surface area contributed by atoms with Crippen LogP contribution in [0.3, 0.4) is 0 Å². The normalized spacial score (nSPS) is 16.9. The van der Waals surface area contributed by atoms with Crippen molar-refractivity contribution in [1.29, 1.82) is 0 Å². The quantitative estimate of drug-likeness (QED) is 0.0895. The maximum atomic E-state index is 14.0. The van der Waals surface area contributed by atoms with Crippen LogP contribution in [0, 0.1) is 11.6 Å². The third kappa shape index (κ3) is 5.07. The summed E-state index contributed by atoms with van der Waals surface area (Å²) in [5.74, 6) is -2.73. The van der Waals surface area contributed by atoms with Crippen molar-refractivity contribution < 1.29 is 23.5 Å². The number of thioether (sulfide) groups is 1. The van der Waals surface area contributed by atoms with E-state index in [0.29, 0.717) is 21.2 Å². The summed E-state index contributed by atoms with van der Waals surface area (Å²) < 4.78 is 28.7. The Morgan fingerprint density at radius 1 is 1.00 bits per heavy atom. The molecule has 5 rings (SSSR count). The number of hydrogen-bond donors (Lipinski definition) is 1. The number of carbonyl (C=O) groups is 2. The lowest BCUT2D eigenvalue weighted by Gasteiger charge is -2.22. The lowest BCUT2D eigenvalue weighted by molar-refractivity contribution is -0.132. The summed E-state index contributed by atoms with van der Waals surface area (Å²) in [7, 11) is 0. The second-order valence-electron chi connectivity index (χ2n) is 7.96. The Bertz CT molecular complexity index is 1520. The van der Waals surface area contributed by atoms with Crippen LogP contribution >= 0.6 is 39.0 Å². The molecule has 1 N–H and O–H groups in total. The topological polar surface area (TPSA) is 83.4 Å². The largest absolute Gasteiger partial charge is 0.507 e. The Labute approximate surface area is 226 Å². The molecule has 4 aromatic rings. The van der Waals surface area contributed by atoms with Gasteiger partial charge < -0.3 is 5.11 Å². The monoisotopic (exact) mass is 599 g/mol. The highest BCUT2D eigenvalue weighted by Gasteiger charge is 2.48. The molecule has 1 atom stereocenters. The number of aromatic nitrogens is 2. The van der Waals surface area contributed by atoms with Crippen LogP contribution in [0.1, 0.15) is 22.7 Å². The first-order valence-corrected chi connectivity index (χ1v) is 13.4. The number of rotatable bonds is 6. The molecule has 1 unspecified atom stereocenters. The molecule has 186 valence electrons. The first kappa shape index (κ1) is 25.2. The van der Waals surface area contributed by atoms with Crippen molar-refractivity contribution in [3.8, 4) is 0 Å². The van der Waals surface area contributed by atoms with Crippen molar-refractivity contribution >= 4 is 61.6 Å². The minimum atomic E-state index is -0.990. The smallest absolute Gasteiger partial charge is 0.301 e. The molecule has 0 aliphatic carbocycles. The summed E-state index contributed by atoms with van der Waals surface area (Å²) in [6.45, 7) is 0. The summed E-state index contributed by atoms with van der Waals surface area (Å²) in [5.41, 5.74) is 1.11. The van der Waals surface area contributed by atoms with E-state index >= 15 is 0 Å². The molecule has 6 nitrogen and oxygen atoms in total. The number of benzene rings is 3. The van der Waals surface area contributed by atoms with Gasteiger partial charge in [0.2, 0.25) is 5.13 Å². The molecule has 1 fully saturated rings. The predicted octanol–water partition coefficient (Wildman–Crippen LogP) is 6.50. The highest BCUT2D eigenvalue weighted by atomic mass is 79.9. The third-order valence-electron chi connectivity index (χ3n) is 5.66. The number of anilines is 1. The van der Waals surface area contributed by atoms with Gasteiger partial charge in [0.25, 0.3) is 5.78 Å². The van der Waals surface area contributed by atoms with E-state index in [4.69, 9.17) is 0 Å². The van der Waals surface area contributed by atoms with Crippen LogP contribution in [0.25, 0.3) is 5.76 Å². The maximum Gasteiger partial charge on any atom is 0.301 e. The average Bonchev–Trinajstić information content (AvgIpc) is 3.46. The summed E-state index contributed by atoms with van der Waals surface area (Å²) in [5, 5.41) is 19.5. The number of hydrogen-bond acceptors (Lipinski definition) is 7. The van der Waals surface area contributed by atoms with E-state index < -0.39 is 29.3 Å². The van der Waals surface area contributed by atoms with Gasteiger partial charge in [-0.25, -0.2) is 8.78 Å². The summed E-state index contributed by atoms with van der Waals surface area (Å²) in [6, 6.07) is 17.3. The fourth-order valence-electron chi connectivity index (χ4n) is 3.87. The molecular weight excluding hydrogens is 584 g/mol. The van der Waals surface area contributed by atoms with Gasteiger partial charge in [-0.1, -0.05) is 69.4 Å². The second kappa shape index (κ2) is 10.5. The van der Waals surface area contributed by atoms with E-state index in [0.717, 1.165) is 27.9 Å². The zero-order chi connectivity index (χ0) is 26.1. The molecule has 0 saturated carbocycles. The molecule has 0 bridgehead atoms. The lowest BCUT2D eigenvalue weighted by Crippen LogP contribution is -2.29. The van der Waals surface area contributed by atoms with Crippen molar-refractivity contribution in [3.05, 3.63) is 111 Å². The van der Waals surface area contributed by atoms with E-state index in [1.54, 1.807) is 42.5 Å². The molecule has 0 radical (unpaired) electrons. The van der Waals surface area contributed by atoms with Crippen LogP contribution in [0.4, 0.5) is 13.9 Å². The van der Waals surface area contributed by atoms with Crippen LogP contribution in [0.2, 0.25) is 0 Å². The SMILES string of the molecule is O=C1C(=O)N(c2nnc(SCc3ccccc3F)s2)C(c2ccc(Br)cc2)/C1=C(/O)c1ccc(F)cc1. The molecule has 37 heavy (non-hydrogen) atoms. The van der Waals surface area contributed by atoms with Gasteiger partial charge in [-0.2, -0.15) is 0 Å². The molecule has 0 spiro atoms. The molecule has 3 aromatic carbocycles. The number of carbonyl (C=O) groups excluding carboxylic acids is 2. The zero-order valence-electron chi connectivity index (χ0n) is 18.8.